The molecule has 1 aromatic rings. The summed E-state index contributed by atoms with van der Waals surface area (Å²) in [4.78, 5) is 7.05. The van der Waals surface area contributed by atoms with Crippen molar-refractivity contribution in [3.05, 3.63) is 18.2 Å². The molecule has 2 aliphatic rings. The molecule has 1 aromatic heterocycles. The van der Waals surface area contributed by atoms with E-state index >= 15 is 0 Å². The number of hydrogen-bond acceptors (Lipinski definition) is 3. The molecular formula is C14H24N4. The zero-order valence-electron chi connectivity index (χ0n) is 11.1. The van der Waals surface area contributed by atoms with E-state index in [1.54, 1.807) is 0 Å². The Labute approximate surface area is 109 Å². The number of rotatable bonds is 6. The van der Waals surface area contributed by atoms with Crippen LogP contribution in [-0.2, 0) is 13.1 Å². The van der Waals surface area contributed by atoms with Gasteiger partial charge in [0.05, 0.1) is 6.54 Å². The van der Waals surface area contributed by atoms with Crippen LogP contribution in [-0.4, -0.2) is 40.1 Å². The maximum absolute atomic E-state index is 4.46. The van der Waals surface area contributed by atoms with Crippen LogP contribution in [0.5, 0.6) is 0 Å². The third-order valence-electron chi connectivity index (χ3n) is 4.03. The second-order valence-corrected chi connectivity index (χ2v) is 5.59. The predicted molar refractivity (Wildman–Crippen MR) is 72.4 cm³/mol. The molecule has 4 heteroatoms. The fraction of sp³-hybridized carbons (Fsp3) is 0.786. The molecule has 1 saturated carbocycles. The molecular weight excluding hydrogens is 224 g/mol. The van der Waals surface area contributed by atoms with Crippen molar-refractivity contribution in [3.8, 4) is 0 Å². The molecule has 0 aromatic carbocycles. The lowest BCUT2D eigenvalue weighted by molar-refractivity contribution is 0.220. The van der Waals surface area contributed by atoms with Gasteiger partial charge in [0.15, 0.2) is 0 Å². The third-order valence-corrected chi connectivity index (χ3v) is 4.03. The van der Waals surface area contributed by atoms with Crippen molar-refractivity contribution in [2.45, 2.75) is 51.2 Å². The van der Waals surface area contributed by atoms with Gasteiger partial charge in [-0.1, -0.05) is 6.42 Å². The van der Waals surface area contributed by atoms with Crippen molar-refractivity contribution in [2.75, 3.05) is 19.6 Å². The molecule has 1 saturated heterocycles. The summed E-state index contributed by atoms with van der Waals surface area (Å²) in [7, 11) is 0. The molecule has 0 atom stereocenters. The Balaban J connectivity index is 1.46. The smallest absolute Gasteiger partial charge is 0.122 e. The first-order chi connectivity index (χ1) is 8.92. The molecule has 100 valence electrons. The predicted octanol–water partition coefficient (Wildman–Crippen LogP) is 1.62. The highest BCUT2D eigenvalue weighted by Gasteiger charge is 2.20. The Morgan fingerprint density at radius 1 is 1.17 bits per heavy atom. The summed E-state index contributed by atoms with van der Waals surface area (Å²) in [6.07, 6.45) is 10.9. The topological polar surface area (TPSA) is 33.1 Å². The highest BCUT2D eigenvalue weighted by Crippen LogP contribution is 2.19. The van der Waals surface area contributed by atoms with Crippen molar-refractivity contribution < 1.29 is 0 Å². The summed E-state index contributed by atoms with van der Waals surface area (Å²) in [5.74, 6) is 1.19. The molecule has 0 unspecified atom stereocenters. The first-order valence-electron chi connectivity index (χ1n) is 7.37. The van der Waals surface area contributed by atoms with Crippen LogP contribution in [0.4, 0.5) is 0 Å². The molecule has 1 aliphatic carbocycles. The third kappa shape index (κ3) is 3.33. The number of piperidine rings is 1. The van der Waals surface area contributed by atoms with Gasteiger partial charge in [-0.25, -0.2) is 4.98 Å². The Bertz CT molecular complexity index is 364. The van der Waals surface area contributed by atoms with Crippen LogP contribution in [0.15, 0.2) is 12.4 Å². The molecule has 1 aliphatic heterocycles. The number of aromatic nitrogens is 2. The highest BCUT2D eigenvalue weighted by molar-refractivity contribution is 4.94. The SMILES string of the molecule is c1cn(CCN2CCCCC2)c(CNC2CC2)n1. The molecule has 0 amide bonds. The highest BCUT2D eigenvalue weighted by atomic mass is 15.2. The minimum Gasteiger partial charge on any atom is -0.333 e. The van der Waals surface area contributed by atoms with Crippen molar-refractivity contribution in [2.24, 2.45) is 0 Å². The van der Waals surface area contributed by atoms with Gasteiger partial charge >= 0.3 is 0 Å². The molecule has 2 fully saturated rings. The molecule has 2 heterocycles. The lowest BCUT2D eigenvalue weighted by Crippen LogP contribution is -2.33. The van der Waals surface area contributed by atoms with Crippen molar-refractivity contribution in [1.82, 2.24) is 19.8 Å². The summed E-state index contributed by atoms with van der Waals surface area (Å²) >= 11 is 0. The van der Waals surface area contributed by atoms with Crippen LogP contribution in [0.1, 0.15) is 37.9 Å². The normalized spacial score (nSPS) is 21.3. The van der Waals surface area contributed by atoms with Gasteiger partial charge in [0.1, 0.15) is 5.82 Å². The second-order valence-electron chi connectivity index (χ2n) is 5.59. The Morgan fingerprint density at radius 2 is 2.00 bits per heavy atom. The maximum Gasteiger partial charge on any atom is 0.122 e. The molecule has 18 heavy (non-hydrogen) atoms. The zero-order valence-corrected chi connectivity index (χ0v) is 11.1. The molecule has 0 spiro atoms. The average Bonchev–Trinajstić information content (AvgIpc) is 3.14. The van der Waals surface area contributed by atoms with Crippen LogP contribution < -0.4 is 5.32 Å². The van der Waals surface area contributed by atoms with Gasteiger partial charge in [-0.2, -0.15) is 0 Å². The minimum atomic E-state index is 0.761. The fourth-order valence-corrected chi connectivity index (χ4v) is 2.67. The van der Waals surface area contributed by atoms with E-state index in [0.29, 0.717) is 0 Å². The van der Waals surface area contributed by atoms with Crippen molar-refractivity contribution >= 4 is 0 Å². The van der Waals surface area contributed by atoms with Gasteiger partial charge in [-0.3, -0.25) is 0 Å². The van der Waals surface area contributed by atoms with E-state index in [2.05, 4.69) is 26.0 Å². The lowest BCUT2D eigenvalue weighted by atomic mass is 10.1. The van der Waals surface area contributed by atoms with E-state index in [1.807, 2.05) is 6.20 Å². The van der Waals surface area contributed by atoms with E-state index in [1.165, 1.54) is 57.6 Å². The Hall–Kier alpha value is -0.870. The number of nitrogens with one attached hydrogen (secondary N) is 1. The monoisotopic (exact) mass is 248 g/mol. The molecule has 3 rings (SSSR count). The second kappa shape index (κ2) is 5.85. The Morgan fingerprint density at radius 3 is 2.78 bits per heavy atom. The fourth-order valence-electron chi connectivity index (χ4n) is 2.67. The van der Waals surface area contributed by atoms with E-state index in [-0.39, 0.29) is 0 Å². The molecule has 0 bridgehead atoms. The molecule has 1 N–H and O–H groups in total. The Kier molecular flexibility index (Phi) is 3.96. The quantitative estimate of drug-likeness (QED) is 0.830. The number of imidazole rings is 1. The molecule has 0 radical (unpaired) electrons. The van der Waals surface area contributed by atoms with Crippen LogP contribution in [0.25, 0.3) is 0 Å². The molecule has 4 nitrogen and oxygen atoms in total. The summed E-state index contributed by atoms with van der Waals surface area (Å²) in [6, 6.07) is 0.761. The number of hydrogen-bond donors (Lipinski definition) is 1. The average molecular weight is 248 g/mol. The van der Waals surface area contributed by atoms with Gasteiger partial charge in [0.2, 0.25) is 0 Å². The van der Waals surface area contributed by atoms with Crippen LogP contribution >= 0.6 is 0 Å². The van der Waals surface area contributed by atoms with Crippen molar-refractivity contribution in [1.29, 1.82) is 0 Å². The van der Waals surface area contributed by atoms with Gasteiger partial charge in [0, 0.05) is 31.5 Å². The zero-order chi connectivity index (χ0) is 12.2. The first-order valence-corrected chi connectivity index (χ1v) is 7.37. The van der Waals surface area contributed by atoms with E-state index < -0.39 is 0 Å². The lowest BCUT2D eigenvalue weighted by Gasteiger charge is -2.26. The van der Waals surface area contributed by atoms with Crippen LogP contribution in [0.3, 0.4) is 0 Å². The summed E-state index contributed by atoms with van der Waals surface area (Å²) in [5, 5.41) is 3.54. The van der Waals surface area contributed by atoms with Gasteiger partial charge in [-0.15, -0.1) is 0 Å². The number of nitrogens with zero attached hydrogens (tertiary/aromatic N) is 3. The minimum absolute atomic E-state index is 0.761. The van der Waals surface area contributed by atoms with E-state index in [4.69, 9.17) is 0 Å². The number of likely N-dealkylation sites (tertiary alicyclic amines) is 1. The van der Waals surface area contributed by atoms with Gasteiger partial charge in [-0.05, 0) is 38.8 Å². The largest absolute Gasteiger partial charge is 0.333 e. The van der Waals surface area contributed by atoms with E-state index in [0.717, 1.165) is 19.1 Å². The summed E-state index contributed by atoms with van der Waals surface area (Å²) in [6.45, 7) is 5.75. The summed E-state index contributed by atoms with van der Waals surface area (Å²) in [5.41, 5.74) is 0. The van der Waals surface area contributed by atoms with Crippen molar-refractivity contribution in [3.63, 3.8) is 0 Å². The first kappa shape index (κ1) is 12.2. The van der Waals surface area contributed by atoms with E-state index in [9.17, 15) is 0 Å². The van der Waals surface area contributed by atoms with Crippen LogP contribution in [0.2, 0.25) is 0 Å². The van der Waals surface area contributed by atoms with Gasteiger partial charge in [0.25, 0.3) is 0 Å². The summed E-state index contributed by atoms with van der Waals surface area (Å²) < 4.78 is 2.31. The van der Waals surface area contributed by atoms with Gasteiger partial charge < -0.3 is 14.8 Å². The standard InChI is InChI=1S/C14H24N4/c1-2-7-17(8-3-1)10-11-18-9-6-15-14(18)12-16-13-4-5-13/h6,9,13,16H,1-5,7-8,10-12H2. The maximum atomic E-state index is 4.46. The van der Waals surface area contributed by atoms with Crippen LogP contribution in [0, 0.1) is 0 Å².